The number of nitrogens with two attached hydrogens (primary N) is 1. The van der Waals surface area contributed by atoms with Gasteiger partial charge in [0.2, 0.25) is 5.88 Å². The SMILES string of the molecule is CC(C)Oc1nc(NCC(C)c2ccccc2)ccc1N. The number of rotatable bonds is 6. The van der Waals surface area contributed by atoms with Gasteiger partial charge in [-0.25, -0.2) is 0 Å². The number of anilines is 2. The van der Waals surface area contributed by atoms with Crippen molar-refractivity contribution in [1.82, 2.24) is 4.98 Å². The van der Waals surface area contributed by atoms with Crippen molar-refractivity contribution in [2.75, 3.05) is 17.6 Å². The summed E-state index contributed by atoms with van der Waals surface area (Å²) in [5.41, 5.74) is 7.73. The lowest BCUT2D eigenvalue weighted by atomic mass is 10.0. The number of nitrogens with zero attached hydrogens (tertiary/aromatic N) is 1. The van der Waals surface area contributed by atoms with Crippen LogP contribution in [0.15, 0.2) is 42.5 Å². The lowest BCUT2D eigenvalue weighted by Crippen LogP contribution is -2.13. The average Bonchev–Trinajstić information content (AvgIpc) is 2.48. The Bertz CT molecular complexity index is 570. The smallest absolute Gasteiger partial charge is 0.239 e. The van der Waals surface area contributed by atoms with Crippen LogP contribution in [0.25, 0.3) is 0 Å². The van der Waals surface area contributed by atoms with Crippen molar-refractivity contribution in [2.24, 2.45) is 0 Å². The standard InChI is InChI=1S/C17H23N3O/c1-12(2)21-17-15(18)9-10-16(20-17)19-11-13(3)14-7-5-4-6-8-14/h4-10,12-13H,11,18H2,1-3H3,(H,19,20). The van der Waals surface area contributed by atoms with Crippen LogP contribution in [0.4, 0.5) is 11.5 Å². The predicted octanol–water partition coefficient (Wildman–Crippen LogP) is 3.67. The molecule has 112 valence electrons. The molecule has 4 nitrogen and oxygen atoms in total. The van der Waals surface area contributed by atoms with Crippen LogP contribution in [-0.2, 0) is 0 Å². The molecule has 0 radical (unpaired) electrons. The molecule has 2 aromatic rings. The fourth-order valence-electron chi connectivity index (χ4n) is 2.02. The molecule has 3 N–H and O–H groups in total. The number of nitrogen functional groups attached to an aromatic ring is 1. The van der Waals surface area contributed by atoms with E-state index in [1.54, 1.807) is 0 Å². The third-order valence-electron chi connectivity index (χ3n) is 3.20. The summed E-state index contributed by atoms with van der Waals surface area (Å²) < 4.78 is 5.60. The zero-order chi connectivity index (χ0) is 15.2. The van der Waals surface area contributed by atoms with Gasteiger partial charge in [0.1, 0.15) is 5.82 Å². The number of ether oxygens (including phenoxy) is 1. The highest BCUT2D eigenvalue weighted by molar-refractivity contribution is 5.53. The third-order valence-corrected chi connectivity index (χ3v) is 3.20. The van der Waals surface area contributed by atoms with E-state index in [9.17, 15) is 0 Å². The highest BCUT2D eigenvalue weighted by atomic mass is 16.5. The molecule has 1 unspecified atom stereocenters. The van der Waals surface area contributed by atoms with Crippen LogP contribution in [-0.4, -0.2) is 17.6 Å². The molecule has 4 heteroatoms. The van der Waals surface area contributed by atoms with Crippen molar-refractivity contribution in [1.29, 1.82) is 0 Å². The van der Waals surface area contributed by atoms with Gasteiger partial charge in [-0.2, -0.15) is 4.98 Å². The lowest BCUT2D eigenvalue weighted by molar-refractivity contribution is 0.234. The van der Waals surface area contributed by atoms with E-state index in [0.717, 1.165) is 12.4 Å². The molecular weight excluding hydrogens is 262 g/mol. The summed E-state index contributed by atoms with van der Waals surface area (Å²) in [6.45, 7) is 6.91. The Morgan fingerprint density at radius 2 is 1.81 bits per heavy atom. The Labute approximate surface area is 126 Å². The molecule has 0 saturated heterocycles. The molecule has 0 aliphatic carbocycles. The minimum absolute atomic E-state index is 0.0540. The van der Waals surface area contributed by atoms with E-state index < -0.39 is 0 Å². The molecule has 21 heavy (non-hydrogen) atoms. The third kappa shape index (κ3) is 4.38. The summed E-state index contributed by atoms with van der Waals surface area (Å²) in [7, 11) is 0. The first-order valence-electron chi connectivity index (χ1n) is 7.28. The van der Waals surface area contributed by atoms with Crippen LogP contribution < -0.4 is 15.8 Å². The minimum atomic E-state index is 0.0540. The Balaban J connectivity index is 2.00. The molecule has 0 spiro atoms. The predicted molar refractivity (Wildman–Crippen MR) is 87.8 cm³/mol. The van der Waals surface area contributed by atoms with Crippen molar-refractivity contribution in [3.8, 4) is 5.88 Å². The Morgan fingerprint density at radius 1 is 1.10 bits per heavy atom. The van der Waals surface area contributed by atoms with Gasteiger partial charge < -0.3 is 15.8 Å². The molecule has 0 bridgehead atoms. The number of pyridine rings is 1. The molecule has 2 rings (SSSR count). The molecule has 1 aromatic heterocycles. The Hall–Kier alpha value is -2.23. The molecule has 0 fully saturated rings. The summed E-state index contributed by atoms with van der Waals surface area (Å²) in [5, 5.41) is 3.34. The maximum absolute atomic E-state index is 5.87. The molecule has 1 heterocycles. The van der Waals surface area contributed by atoms with Crippen LogP contribution in [0.5, 0.6) is 5.88 Å². The van der Waals surface area contributed by atoms with Gasteiger partial charge in [0.25, 0.3) is 0 Å². The van der Waals surface area contributed by atoms with Crippen LogP contribution >= 0.6 is 0 Å². The highest BCUT2D eigenvalue weighted by Gasteiger charge is 2.08. The van der Waals surface area contributed by atoms with Gasteiger partial charge in [-0.1, -0.05) is 37.3 Å². The number of hydrogen-bond acceptors (Lipinski definition) is 4. The van der Waals surface area contributed by atoms with Gasteiger partial charge in [-0.3, -0.25) is 0 Å². The number of benzene rings is 1. The lowest BCUT2D eigenvalue weighted by Gasteiger charge is -2.15. The van der Waals surface area contributed by atoms with Gasteiger partial charge in [0.15, 0.2) is 0 Å². The van der Waals surface area contributed by atoms with Crippen LogP contribution in [0.2, 0.25) is 0 Å². The topological polar surface area (TPSA) is 60.2 Å². The molecule has 0 aliphatic rings. The second-order valence-corrected chi connectivity index (χ2v) is 5.45. The van der Waals surface area contributed by atoms with Crippen molar-refractivity contribution >= 4 is 11.5 Å². The fraction of sp³-hybridized carbons (Fsp3) is 0.353. The first kappa shape index (κ1) is 15.2. The molecule has 1 atom stereocenters. The number of aromatic nitrogens is 1. The van der Waals surface area contributed by atoms with Crippen molar-refractivity contribution in [3.05, 3.63) is 48.0 Å². The first-order valence-corrected chi connectivity index (χ1v) is 7.28. The first-order chi connectivity index (χ1) is 10.1. The van der Waals surface area contributed by atoms with Crippen molar-refractivity contribution in [3.63, 3.8) is 0 Å². The van der Waals surface area contributed by atoms with Crippen molar-refractivity contribution in [2.45, 2.75) is 32.8 Å². The Morgan fingerprint density at radius 3 is 2.48 bits per heavy atom. The summed E-state index contributed by atoms with van der Waals surface area (Å²) in [6.07, 6.45) is 0.0540. The Kier molecular flexibility index (Phi) is 5.04. The number of nitrogens with one attached hydrogen (secondary N) is 1. The van der Waals surface area contributed by atoms with Gasteiger partial charge in [0.05, 0.1) is 11.8 Å². The summed E-state index contributed by atoms with van der Waals surface area (Å²) >= 11 is 0. The van der Waals surface area contributed by atoms with Gasteiger partial charge in [-0.05, 0) is 37.5 Å². The van der Waals surface area contributed by atoms with E-state index in [0.29, 0.717) is 17.5 Å². The average molecular weight is 285 g/mol. The minimum Gasteiger partial charge on any atom is -0.473 e. The van der Waals surface area contributed by atoms with Crippen LogP contribution in [0.1, 0.15) is 32.3 Å². The van der Waals surface area contributed by atoms with E-state index in [4.69, 9.17) is 10.5 Å². The molecule has 0 aliphatic heterocycles. The number of hydrogen-bond donors (Lipinski definition) is 2. The molecule has 0 amide bonds. The maximum atomic E-state index is 5.87. The van der Waals surface area contributed by atoms with E-state index in [1.165, 1.54) is 5.56 Å². The van der Waals surface area contributed by atoms with Crippen LogP contribution in [0, 0.1) is 0 Å². The quantitative estimate of drug-likeness (QED) is 0.850. The summed E-state index contributed by atoms with van der Waals surface area (Å²) in [6, 6.07) is 14.1. The molecule has 1 aromatic carbocycles. The zero-order valence-corrected chi connectivity index (χ0v) is 12.8. The molecule has 0 saturated carbocycles. The van der Waals surface area contributed by atoms with Crippen molar-refractivity contribution < 1.29 is 4.74 Å². The van der Waals surface area contributed by atoms with E-state index in [2.05, 4.69) is 41.5 Å². The zero-order valence-electron chi connectivity index (χ0n) is 12.8. The fourth-order valence-corrected chi connectivity index (χ4v) is 2.02. The van der Waals surface area contributed by atoms with Gasteiger partial charge in [0, 0.05) is 6.54 Å². The van der Waals surface area contributed by atoms with Gasteiger partial charge >= 0.3 is 0 Å². The van der Waals surface area contributed by atoms with E-state index >= 15 is 0 Å². The summed E-state index contributed by atoms with van der Waals surface area (Å²) in [5.74, 6) is 1.67. The second-order valence-electron chi connectivity index (χ2n) is 5.45. The second kappa shape index (κ2) is 6.97. The summed E-state index contributed by atoms with van der Waals surface area (Å²) in [4.78, 5) is 4.42. The van der Waals surface area contributed by atoms with E-state index in [1.807, 2.05) is 32.0 Å². The monoisotopic (exact) mass is 285 g/mol. The van der Waals surface area contributed by atoms with Crippen LogP contribution in [0.3, 0.4) is 0 Å². The van der Waals surface area contributed by atoms with Gasteiger partial charge in [-0.15, -0.1) is 0 Å². The normalized spacial score (nSPS) is 12.2. The highest BCUT2D eigenvalue weighted by Crippen LogP contribution is 2.23. The molecular formula is C17H23N3O. The maximum Gasteiger partial charge on any atom is 0.239 e. The largest absolute Gasteiger partial charge is 0.473 e. The van der Waals surface area contributed by atoms with E-state index in [-0.39, 0.29) is 6.10 Å².